The number of ether oxygens (including phenoxy) is 1. The van der Waals surface area contributed by atoms with Crippen molar-refractivity contribution < 1.29 is 9.84 Å². The summed E-state index contributed by atoms with van der Waals surface area (Å²) in [4.78, 5) is 4.49. The van der Waals surface area contributed by atoms with Gasteiger partial charge in [0.25, 0.3) is 0 Å². The molecule has 0 saturated heterocycles. The van der Waals surface area contributed by atoms with E-state index >= 15 is 0 Å². The van der Waals surface area contributed by atoms with Gasteiger partial charge in [-0.2, -0.15) is 0 Å². The number of aromatic nitrogens is 2. The molecule has 0 unspecified atom stereocenters. The van der Waals surface area contributed by atoms with E-state index in [9.17, 15) is 5.11 Å². The number of benzene rings is 1. The summed E-state index contributed by atoms with van der Waals surface area (Å²) in [6, 6.07) is 11.6. The van der Waals surface area contributed by atoms with E-state index in [1.807, 2.05) is 60.1 Å². The van der Waals surface area contributed by atoms with Gasteiger partial charge in [0, 0.05) is 18.0 Å². The lowest BCUT2D eigenvalue weighted by atomic mass is 10.1. The summed E-state index contributed by atoms with van der Waals surface area (Å²) in [5, 5.41) is 9.35. The first-order chi connectivity index (χ1) is 9.78. The highest BCUT2D eigenvalue weighted by molar-refractivity contribution is 5.41. The van der Waals surface area contributed by atoms with Crippen molar-refractivity contribution >= 4 is 5.65 Å². The minimum Gasteiger partial charge on any atom is -0.487 e. The molecule has 0 bridgehead atoms. The fraction of sp³-hybridized carbons (Fsp3) is 0.188. The van der Waals surface area contributed by atoms with Crippen LogP contribution in [-0.4, -0.2) is 14.5 Å². The number of pyridine rings is 1. The summed E-state index contributed by atoms with van der Waals surface area (Å²) in [6.45, 7) is 2.33. The van der Waals surface area contributed by atoms with E-state index in [4.69, 9.17) is 4.74 Å². The molecular weight excluding hydrogens is 252 g/mol. The van der Waals surface area contributed by atoms with Gasteiger partial charge >= 0.3 is 0 Å². The zero-order valence-electron chi connectivity index (χ0n) is 11.3. The number of nitrogens with zero attached hydrogens (tertiary/aromatic N) is 2. The van der Waals surface area contributed by atoms with E-state index in [0.717, 1.165) is 28.2 Å². The van der Waals surface area contributed by atoms with Crippen molar-refractivity contribution in [3.63, 3.8) is 0 Å². The van der Waals surface area contributed by atoms with Crippen LogP contribution in [0.25, 0.3) is 5.65 Å². The first-order valence-electron chi connectivity index (χ1n) is 6.52. The van der Waals surface area contributed by atoms with Crippen LogP contribution in [0.2, 0.25) is 0 Å². The third kappa shape index (κ3) is 2.38. The second-order valence-corrected chi connectivity index (χ2v) is 4.71. The molecule has 3 aromatic rings. The van der Waals surface area contributed by atoms with Gasteiger partial charge in [-0.15, -0.1) is 0 Å². The Bertz CT molecular complexity index is 701. The minimum atomic E-state index is -0.0256. The molecule has 0 amide bonds. The molecule has 0 aliphatic rings. The number of hydrogen-bond acceptors (Lipinski definition) is 3. The van der Waals surface area contributed by atoms with Crippen molar-refractivity contribution in [3.8, 4) is 5.75 Å². The van der Waals surface area contributed by atoms with Gasteiger partial charge in [-0.25, -0.2) is 4.98 Å². The van der Waals surface area contributed by atoms with E-state index in [0.29, 0.717) is 6.61 Å². The zero-order valence-corrected chi connectivity index (χ0v) is 11.3. The third-order valence-corrected chi connectivity index (χ3v) is 3.24. The molecule has 0 radical (unpaired) electrons. The lowest BCUT2D eigenvalue weighted by Gasteiger charge is -2.11. The predicted molar refractivity (Wildman–Crippen MR) is 76.6 cm³/mol. The van der Waals surface area contributed by atoms with Crippen LogP contribution in [0.4, 0.5) is 0 Å². The Balaban J connectivity index is 1.82. The van der Waals surface area contributed by atoms with Gasteiger partial charge in [0.2, 0.25) is 0 Å². The Morgan fingerprint density at radius 2 is 2.10 bits per heavy atom. The van der Waals surface area contributed by atoms with Gasteiger partial charge in [-0.1, -0.05) is 24.3 Å². The normalized spacial score (nSPS) is 10.9. The van der Waals surface area contributed by atoms with E-state index in [2.05, 4.69) is 4.98 Å². The first-order valence-corrected chi connectivity index (χ1v) is 6.52. The summed E-state index contributed by atoms with van der Waals surface area (Å²) < 4.78 is 7.80. The molecular formula is C16H16N2O2. The summed E-state index contributed by atoms with van der Waals surface area (Å²) in [7, 11) is 0. The van der Waals surface area contributed by atoms with Crippen molar-refractivity contribution in [2.75, 3.05) is 0 Å². The van der Waals surface area contributed by atoms with Gasteiger partial charge in [0.15, 0.2) is 0 Å². The van der Waals surface area contributed by atoms with E-state index < -0.39 is 0 Å². The summed E-state index contributed by atoms with van der Waals surface area (Å²) in [6.07, 6.45) is 3.91. The highest BCUT2D eigenvalue weighted by atomic mass is 16.5. The lowest BCUT2D eigenvalue weighted by Crippen LogP contribution is -2.00. The Labute approximate surface area is 117 Å². The number of para-hydroxylation sites is 1. The molecule has 0 aliphatic carbocycles. The maximum Gasteiger partial charge on any atom is 0.137 e. The number of aliphatic hydroxyl groups is 1. The number of rotatable bonds is 4. The fourth-order valence-corrected chi connectivity index (χ4v) is 2.25. The molecule has 20 heavy (non-hydrogen) atoms. The van der Waals surface area contributed by atoms with Crippen LogP contribution in [0.5, 0.6) is 5.75 Å². The SMILES string of the molecule is Cc1cccc(CO)c1OCc1cn2ccccc2n1. The number of aryl methyl sites for hydroxylation is 1. The highest BCUT2D eigenvalue weighted by Gasteiger charge is 2.08. The maximum absolute atomic E-state index is 9.35. The summed E-state index contributed by atoms with van der Waals surface area (Å²) in [5.74, 6) is 0.743. The lowest BCUT2D eigenvalue weighted by molar-refractivity contribution is 0.256. The van der Waals surface area contributed by atoms with Crippen LogP contribution in [0.15, 0.2) is 48.8 Å². The monoisotopic (exact) mass is 268 g/mol. The van der Waals surface area contributed by atoms with Gasteiger partial charge in [0.05, 0.1) is 12.3 Å². The third-order valence-electron chi connectivity index (χ3n) is 3.24. The van der Waals surface area contributed by atoms with Gasteiger partial charge in [-0.3, -0.25) is 0 Å². The molecule has 1 aromatic carbocycles. The Morgan fingerprint density at radius 3 is 2.90 bits per heavy atom. The molecule has 0 spiro atoms. The minimum absolute atomic E-state index is 0.0256. The van der Waals surface area contributed by atoms with Gasteiger partial charge in [0.1, 0.15) is 18.0 Å². The maximum atomic E-state index is 9.35. The molecule has 3 rings (SSSR count). The number of fused-ring (bicyclic) bond motifs is 1. The number of imidazole rings is 1. The number of aliphatic hydroxyl groups excluding tert-OH is 1. The fourth-order valence-electron chi connectivity index (χ4n) is 2.25. The van der Waals surface area contributed by atoms with Crippen LogP contribution in [-0.2, 0) is 13.2 Å². The molecule has 102 valence electrons. The van der Waals surface area contributed by atoms with Crippen LogP contribution < -0.4 is 4.74 Å². The molecule has 4 heteroatoms. The average molecular weight is 268 g/mol. The molecule has 2 aromatic heterocycles. The van der Waals surface area contributed by atoms with E-state index in [-0.39, 0.29) is 6.61 Å². The predicted octanol–water partition coefficient (Wildman–Crippen LogP) is 2.71. The standard InChI is InChI=1S/C16H16N2O2/c1-12-5-4-6-13(10-19)16(12)20-11-14-9-18-8-3-2-7-15(18)17-14/h2-9,19H,10-11H2,1H3. The van der Waals surface area contributed by atoms with E-state index in [1.54, 1.807) is 0 Å². The van der Waals surface area contributed by atoms with Crippen molar-refractivity contribution in [2.45, 2.75) is 20.1 Å². The quantitative estimate of drug-likeness (QED) is 0.791. The summed E-state index contributed by atoms with van der Waals surface area (Å²) >= 11 is 0. The molecule has 0 aliphatic heterocycles. The van der Waals surface area contributed by atoms with Gasteiger partial charge < -0.3 is 14.2 Å². The van der Waals surface area contributed by atoms with Crippen LogP contribution in [0, 0.1) is 6.92 Å². The molecule has 1 N–H and O–H groups in total. The molecule has 0 fully saturated rings. The second kappa shape index (κ2) is 5.35. The Hall–Kier alpha value is -2.33. The molecule has 0 atom stereocenters. The molecule has 2 heterocycles. The highest BCUT2D eigenvalue weighted by Crippen LogP contribution is 2.24. The van der Waals surface area contributed by atoms with Gasteiger partial charge in [-0.05, 0) is 24.6 Å². The summed E-state index contributed by atoms with van der Waals surface area (Å²) in [5.41, 5.74) is 3.58. The molecule has 0 saturated carbocycles. The van der Waals surface area contributed by atoms with Crippen LogP contribution in [0.3, 0.4) is 0 Å². The van der Waals surface area contributed by atoms with Crippen LogP contribution >= 0.6 is 0 Å². The number of hydrogen-bond donors (Lipinski definition) is 1. The second-order valence-electron chi connectivity index (χ2n) is 4.71. The Morgan fingerprint density at radius 1 is 1.20 bits per heavy atom. The van der Waals surface area contributed by atoms with Crippen molar-refractivity contribution in [2.24, 2.45) is 0 Å². The average Bonchev–Trinajstić information content (AvgIpc) is 2.88. The molecule has 4 nitrogen and oxygen atoms in total. The van der Waals surface area contributed by atoms with Crippen molar-refractivity contribution in [1.29, 1.82) is 0 Å². The van der Waals surface area contributed by atoms with Crippen molar-refractivity contribution in [3.05, 3.63) is 65.6 Å². The Kier molecular flexibility index (Phi) is 3.39. The topological polar surface area (TPSA) is 46.8 Å². The first kappa shape index (κ1) is 12.7. The largest absolute Gasteiger partial charge is 0.487 e. The smallest absolute Gasteiger partial charge is 0.137 e. The zero-order chi connectivity index (χ0) is 13.9. The van der Waals surface area contributed by atoms with E-state index in [1.165, 1.54) is 0 Å². The van der Waals surface area contributed by atoms with Crippen molar-refractivity contribution in [1.82, 2.24) is 9.38 Å². The van der Waals surface area contributed by atoms with Crippen LogP contribution in [0.1, 0.15) is 16.8 Å².